The van der Waals surface area contributed by atoms with E-state index in [0.717, 1.165) is 77.4 Å². The Morgan fingerprint density at radius 2 is 2.03 bits per heavy atom. The van der Waals surface area contributed by atoms with E-state index in [2.05, 4.69) is 41.0 Å². The molecule has 3 fully saturated rings. The van der Waals surface area contributed by atoms with Gasteiger partial charge in [-0.25, -0.2) is 0 Å². The number of nitrogens with zero attached hydrogens (tertiary/aromatic N) is 2. The lowest BCUT2D eigenvalue weighted by atomic mass is 9.72. The summed E-state index contributed by atoms with van der Waals surface area (Å²) >= 11 is 0. The van der Waals surface area contributed by atoms with Gasteiger partial charge < -0.3 is 14.4 Å². The van der Waals surface area contributed by atoms with E-state index in [0.29, 0.717) is 17.7 Å². The van der Waals surface area contributed by atoms with Gasteiger partial charge in [0, 0.05) is 38.2 Å². The van der Waals surface area contributed by atoms with Crippen LogP contribution in [0.5, 0.6) is 5.75 Å². The fraction of sp³-hybridized carbons (Fsp3) is 0.708. The first-order valence-corrected chi connectivity index (χ1v) is 11.5. The minimum atomic E-state index is 0.258. The Labute approximate surface area is 175 Å². The molecule has 0 aliphatic carbocycles. The molecule has 3 heterocycles. The van der Waals surface area contributed by atoms with E-state index in [1.807, 2.05) is 0 Å². The van der Waals surface area contributed by atoms with Crippen molar-refractivity contribution in [3.05, 3.63) is 29.8 Å². The zero-order valence-corrected chi connectivity index (χ0v) is 17.9. The standard InChI is InChI=1S/C24H36N2O3/c1-2-15-29-22-8-4-3-6-20(22)17-25-13-11-24(12-14-25)10-9-23(27)26(19-24)18-21-7-5-16-28-21/h3-4,6,8,21H,2,5,7,9-19H2,1H3/t21-/m0/s1. The molecule has 1 spiro atoms. The Morgan fingerprint density at radius 1 is 1.21 bits per heavy atom. The third-order valence-corrected chi connectivity index (χ3v) is 6.94. The third kappa shape index (κ3) is 5.13. The lowest BCUT2D eigenvalue weighted by Gasteiger charge is -2.48. The van der Waals surface area contributed by atoms with Crippen LogP contribution in [0.2, 0.25) is 0 Å². The lowest BCUT2D eigenvalue weighted by Crippen LogP contribution is -2.52. The van der Waals surface area contributed by atoms with E-state index in [1.54, 1.807) is 0 Å². The number of likely N-dealkylation sites (tertiary alicyclic amines) is 2. The van der Waals surface area contributed by atoms with Gasteiger partial charge in [0.15, 0.2) is 0 Å². The van der Waals surface area contributed by atoms with Gasteiger partial charge in [0.1, 0.15) is 5.75 Å². The van der Waals surface area contributed by atoms with E-state index in [9.17, 15) is 4.79 Å². The molecule has 0 unspecified atom stereocenters. The van der Waals surface area contributed by atoms with Crippen molar-refractivity contribution < 1.29 is 14.3 Å². The van der Waals surface area contributed by atoms with E-state index in [-0.39, 0.29) is 6.10 Å². The number of hydrogen-bond acceptors (Lipinski definition) is 4. The lowest BCUT2D eigenvalue weighted by molar-refractivity contribution is -0.141. The molecule has 0 saturated carbocycles. The highest BCUT2D eigenvalue weighted by Crippen LogP contribution is 2.41. The molecule has 0 aromatic heterocycles. The Hall–Kier alpha value is -1.59. The van der Waals surface area contributed by atoms with Crippen molar-refractivity contribution in [1.29, 1.82) is 0 Å². The average Bonchev–Trinajstić information content (AvgIpc) is 3.25. The Kier molecular flexibility index (Phi) is 6.76. The van der Waals surface area contributed by atoms with Gasteiger partial charge in [-0.2, -0.15) is 0 Å². The van der Waals surface area contributed by atoms with Crippen LogP contribution in [-0.2, 0) is 16.1 Å². The predicted molar refractivity (Wildman–Crippen MR) is 114 cm³/mol. The van der Waals surface area contributed by atoms with E-state index < -0.39 is 0 Å². The number of benzene rings is 1. The van der Waals surface area contributed by atoms with Crippen LogP contribution in [0.15, 0.2) is 24.3 Å². The molecule has 4 rings (SSSR count). The molecule has 5 nitrogen and oxygen atoms in total. The maximum atomic E-state index is 12.5. The number of hydrogen-bond donors (Lipinski definition) is 0. The summed E-state index contributed by atoms with van der Waals surface area (Å²) in [5.41, 5.74) is 1.59. The first kappa shape index (κ1) is 20.7. The number of para-hydroxylation sites is 1. The molecule has 0 bridgehead atoms. The number of piperidine rings is 2. The second kappa shape index (κ2) is 9.48. The van der Waals surface area contributed by atoms with Gasteiger partial charge >= 0.3 is 0 Å². The minimum Gasteiger partial charge on any atom is -0.493 e. The summed E-state index contributed by atoms with van der Waals surface area (Å²) in [6.07, 6.45) is 7.65. The van der Waals surface area contributed by atoms with Crippen molar-refractivity contribution in [1.82, 2.24) is 9.80 Å². The van der Waals surface area contributed by atoms with Crippen molar-refractivity contribution in [2.75, 3.05) is 39.4 Å². The second-order valence-corrected chi connectivity index (χ2v) is 9.14. The molecule has 5 heteroatoms. The SMILES string of the molecule is CCCOc1ccccc1CN1CCC2(CCC(=O)N(C[C@@H]3CCCO3)C2)CC1. The number of carbonyl (C=O) groups is 1. The monoisotopic (exact) mass is 400 g/mol. The molecule has 1 amide bonds. The van der Waals surface area contributed by atoms with Gasteiger partial charge in [-0.15, -0.1) is 0 Å². The van der Waals surface area contributed by atoms with Crippen molar-refractivity contribution in [3.63, 3.8) is 0 Å². The Morgan fingerprint density at radius 3 is 2.79 bits per heavy atom. The fourth-order valence-electron chi connectivity index (χ4n) is 5.12. The quantitative estimate of drug-likeness (QED) is 0.697. The molecule has 3 saturated heterocycles. The summed E-state index contributed by atoms with van der Waals surface area (Å²) in [7, 11) is 0. The molecule has 0 N–H and O–H groups in total. The van der Waals surface area contributed by atoms with E-state index in [1.165, 1.54) is 18.4 Å². The molecule has 0 radical (unpaired) electrons. The maximum absolute atomic E-state index is 12.5. The number of amides is 1. The molecule has 3 aliphatic heterocycles. The minimum absolute atomic E-state index is 0.258. The fourth-order valence-corrected chi connectivity index (χ4v) is 5.12. The predicted octanol–water partition coefficient (Wildman–Crippen LogP) is 3.86. The first-order chi connectivity index (χ1) is 14.2. The highest BCUT2D eigenvalue weighted by molar-refractivity contribution is 5.77. The molecule has 160 valence electrons. The van der Waals surface area contributed by atoms with Crippen LogP contribution in [-0.4, -0.2) is 61.2 Å². The topological polar surface area (TPSA) is 42.0 Å². The van der Waals surface area contributed by atoms with Crippen LogP contribution in [0, 0.1) is 5.41 Å². The van der Waals surface area contributed by atoms with Crippen molar-refractivity contribution in [2.45, 2.75) is 64.5 Å². The number of carbonyl (C=O) groups excluding carboxylic acids is 1. The van der Waals surface area contributed by atoms with Crippen molar-refractivity contribution >= 4 is 5.91 Å². The molecular formula is C24H36N2O3. The van der Waals surface area contributed by atoms with Crippen molar-refractivity contribution in [2.24, 2.45) is 5.41 Å². The summed E-state index contributed by atoms with van der Waals surface area (Å²) in [6.45, 7) is 8.65. The molecule has 1 aromatic rings. The van der Waals surface area contributed by atoms with Crippen LogP contribution in [0.3, 0.4) is 0 Å². The highest BCUT2D eigenvalue weighted by Gasteiger charge is 2.41. The van der Waals surface area contributed by atoms with Gasteiger partial charge in [0.05, 0.1) is 12.7 Å². The van der Waals surface area contributed by atoms with Crippen LogP contribution < -0.4 is 4.74 Å². The summed E-state index contributed by atoms with van der Waals surface area (Å²) in [4.78, 5) is 17.2. The van der Waals surface area contributed by atoms with Crippen LogP contribution in [0.1, 0.15) is 57.4 Å². The summed E-state index contributed by atoms with van der Waals surface area (Å²) in [5.74, 6) is 1.36. The number of ether oxygens (including phenoxy) is 2. The van der Waals surface area contributed by atoms with Crippen LogP contribution in [0.25, 0.3) is 0 Å². The Balaban J connectivity index is 1.32. The molecule has 1 atom stereocenters. The average molecular weight is 401 g/mol. The summed E-state index contributed by atoms with van der Waals surface area (Å²) < 4.78 is 11.7. The molecule has 29 heavy (non-hydrogen) atoms. The van der Waals surface area contributed by atoms with E-state index in [4.69, 9.17) is 9.47 Å². The largest absolute Gasteiger partial charge is 0.493 e. The highest BCUT2D eigenvalue weighted by atomic mass is 16.5. The maximum Gasteiger partial charge on any atom is 0.222 e. The second-order valence-electron chi connectivity index (χ2n) is 9.14. The van der Waals surface area contributed by atoms with Crippen molar-refractivity contribution in [3.8, 4) is 5.75 Å². The number of rotatable bonds is 7. The zero-order valence-electron chi connectivity index (χ0n) is 17.9. The van der Waals surface area contributed by atoms with Gasteiger partial charge in [0.2, 0.25) is 5.91 Å². The smallest absolute Gasteiger partial charge is 0.222 e. The van der Waals surface area contributed by atoms with Gasteiger partial charge in [-0.3, -0.25) is 9.69 Å². The van der Waals surface area contributed by atoms with Crippen LogP contribution in [0.4, 0.5) is 0 Å². The first-order valence-electron chi connectivity index (χ1n) is 11.5. The van der Waals surface area contributed by atoms with Gasteiger partial charge in [0.25, 0.3) is 0 Å². The Bertz CT molecular complexity index is 678. The normalized spacial score (nSPS) is 24.9. The third-order valence-electron chi connectivity index (χ3n) is 6.94. The van der Waals surface area contributed by atoms with Crippen LogP contribution >= 0.6 is 0 Å². The summed E-state index contributed by atoms with van der Waals surface area (Å²) in [5, 5.41) is 0. The van der Waals surface area contributed by atoms with E-state index >= 15 is 0 Å². The van der Waals surface area contributed by atoms with Gasteiger partial charge in [-0.05, 0) is 63.1 Å². The molecule has 3 aliphatic rings. The summed E-state index contributed by atoms with van der Waals surface area (Å²) in [6, 6.07) is 8.45. The van der Waals surface area contributed by atoms with Gasteiger partial charge in [-0.1, -0.05) is 25.1 Å². The molecular weight excluding hydrogens is 364 g/mol. The molecule has 1 aromatic carbocycles. The zero-order chi connectivity index (χ0) is 20.1.